The first-order valence-electron chi connectivity index (χ1n) is 8.03. The van der Waals surface area contributed by atoms with Gasteiger partial charge in [-0.05, 0) is 36.5 Å². The first kappa shape index (κ1) is 13.9. The molecule has 2 N–H and O–H groups in total. The summed E-state index contributed by atoms with van der Waals surface area (Å²) >= 11 is 0. The largest absolute Gasteiger partial charge is 0.367 e. The third kappa shape index (κ3) is 2.83. The molecule has 0 aromatic heterocycles. The zero-order valence-electron chi connectivity index (χ0n) is 12.2. The number of benzene rings is 1. The van der Waals surface area contributed by atoms with Crippen molar-refractivity contribution < 1.29 is 4.39 Å². The van der Waals surface area contributed by atoms with E-state index in [9.17, 15) is 4.39 Å². The molecule has 1 aromatic carbocycles. The zero-order chi connectivity index (χ0) is 13.9. The summed E-state index contributed by atoms with van der Waals surface area (Å²) in [6.07, 6.45) is 9.02. The molecule has 1 unspecified atom stereocenters. The monoisotopic (exact) mass is 276 g/mol. The highest BCUT2D eigenvalue weighted by molar-refractivity contribution is 5.59. The normalized spacial score (nSPS) is 21.0. The Balaban J connectivity index is 1.72. The molecule has 0 radical (unpaired) electrons. The second-order valence-corrected chi connectivity index (χ2v) is 6.35. The van der Waals surface area contributed by atoms with Crippen LogP contribution in [0.15, 0.2) is 18.2 Å². The van der Waals surface area contributed by atoms with Crippen LogP contribution in [0.3, 0.4) is 0 Å². The molecule has 2 nitrogen and oxygen atoms in total. The molecular weight excluding hydrogens is 251 g/mol. The number of fused-ring (bicyclic) bond motifs is 1. The predicted octanol–water partition coefficient (Wildman–Crippen LogP) is 3.49. The molecule has 1 atom stereocenters. The maximum Gasteiger partial charge on any atom is 0.125 e. The summed E-state index contributed by atoms with van der Waals surface area (Å²) in [6, 6.07) is 5.56. The van der Waals surface area contributed by atoms with Gasteiger partial charge >= 0.3 is 0 Å². The van der Waals surface area contributed by atoms with Gasteiger partial charge in [-0.2, -0.15) is 0 Å². The molecule has 1 fully saturated rings. The summed E-state index contributed by atoms with van der Waals surface area (Å²) in [5.74, 6) is 0.680. The second-order valence-electron chi connectivity index (χ2n) is 6.35. The third-order valence-corrected chi connectivity index (χ3v) is 5.02. The summed E-state index contributed by atoms with van der Waals surface area (Å²) in [5, 5.41) is 0. The molecule has 0 amide bonds. The van der Waals surface area contributed by atoms with Crippen molar-refractivity contribution in [2.75, 3.05) is 18.0 Å². The number of anilines is 1. The van der Waals surface area contributed by atoms with Gasteiger partial charge in [0, 0.05) is 24.8 Å². The number of rotatable bonds is 4. The van der Waals surface area contributed by atoms with Crippen molar-refractivity contribution in [3.8, 4) is 0 Å². The minimum atomic E-state index is -0.135. The lowest BCUT2D eigenvalue weighted by molar-refractivity contribution is 0.314. The Bertz CT molecular complexity index is 454. The highest BCUT2D eigenvalue weighted by atomic mass is 19.1. The van der Waals surface area contributed by atoms with Crippen molar-refractivity contribution in [2.24, 2.45) is 11.7 Å². The summed E-state index contributed by atoms with van der Waals surface area (Å²) in [5.41, 5.74) is 8.38. The average Bonchev–Trinajstić information content (AvgIpc) is 2.89. The van der Waals surface area contributed by atoms with E-state index in [-0.39, 0.29) is 5.82 Å². The third-order valence-electron chi connectivity index (χ3n) is 5.02. The van der Waals surface area contributed by atoms with Crippen LogP contribution in [0.5, 0.6) is 0 Å². The zero-order valence-corrected chi connectivity index (χ0v) is 12.2. The van der Waals surface area contributed by atoms with Crippen LogP contribution in [0.4, 0.5) is 10.1 Å². The number of hydrogen-bond donors (Lipinski definition) is 1. The molecule has 3 heteroatoms. The molecule has 1 aromatic rings. The van der Waals surface area contributed by atoms with Crippen LogP contribution in [0, 0.1) is 11.7 Å². The standard InChI is InChI=1S/C17H25FN2/c18-15-7-6-14-8-9-20(17(14)11-15)16(12-19)10-13-4-2-1-3-5-13/h6-7,11,13,16H,1-5,8-10,12,19H2. The summed E-state index contributed by atoms with van der Waals surface area (Å²) in [7, 11) is 0. The molecule has 0 bridgehead atoms. The van der Waals surface area contributed by atoms with Crippen LogP contribution in [0.25, 0.3) is 0 Å². The van der Waals surface area contributed by atoms with Gasteiger partial charge in [0.15, 0.2) is 0 Å². The summed E-state index contributed by atoms with van der Waals surface area (Å²) in [4.78, 5) is 2.35. The van der Waals surface area contributed by atoms with Crippen LogP contribution >= 0.6 is 0 Å². The smallest absolute Gasteiger partial charge is 0.125 e. The fourth-order valence-corrected chi connectivity index (χ4v) is 3.91. The first-order valence-corrected chi connectivity index (χ1v) is 8.03. The van der Waals surface area contributed by atoms with Crippen LogP contribution in [0.2, 0.25) is 0 Å². The van der Waals surface area contributed by atoms with E-state index < -0.39 is 0 Å². The van der Waals surface area contributed by atoms with Gasteiger partial charge in [-0.25, -0.2) is 4.39 Å². The number of hydrogen-bond acceptors (Lipinski definition) is 2. The van der Waals surface area contributed by atoms with E-state index in [2.05, 4.69) is 4.90 Å². The quantitative estimate of drug-likeness (QED) is 0.912. The van der Waals surface area contributed by atoms with E-state index in [4.69, 9.17) is 5.73 Å². The van der Waals surface area contributed by atoms with Crippen molar-refractivity contribution in [1.29, 1.82) is 0 Å². The van der Waals surface area contributed by atoms with Gasteiger partial charge in [-0.1, -0.05) is 38.2 Å². The van der Waals surface area contributed by atoms with Crippen LogP contribution < -0.4 is 10.6 Å². The summed E-state index contributed by atoms with van der Waals surface area (Å²) in [6.45, 7) is 1.67. The van der Waals surface area contributed by atoms with Crippen molar-refractivity contribution >= 4 is 5.69 Å². The van der Waals surface area contributed by atoms with Crippen LogP contribution in [-0.4, -0.2) is 19.1 Å². The van der Waals surface area contributed by atoms with E-state index in [1.807, 2.05) is 6.07 Å². The highest BCUT2D eigenvalue weighted by Gasteiger charge is 2.28. The van der Waals surface area contributed by atoms with Gasteiger partial charge in [0.2, 0.25) is 0 Å². The Morgan fingerprint density at radius 2 is 2.05 bits per heavy atom. The molecular formula is C17H25FN2. The van der Waals surface area contributed by atoms with Crippen molar-refractivity contribution in [2.45, 2.75) is 51.0 Å². The fraction of sp³-hybridized carbons (Fsp3) is 0.647. The molecule has 1 saturated carbocycles. The van der Waals surface area contributed by atoms with Gasteiger partial charge < -0.3 is 10.6 Å². The van der Waals surface area contributed by atoms with E-state index in [1.54, 1.807) is 12.1 Å². The molecule has 2 aliphatic rings. The van der Waals surface area contributed by atoms with Crippen LogP contribution in [-0.2, 0) is 6.42 Å². The Morgan fingerprint density at radius 3 is 2.80 bits per heavy atom. The topological polar surface area (TPSA) is 29.3 Å². The maximum absolute atomic E-state index is 13.5. The fourth-order valence-electron chi connectivity index (χ4n) is 3.91. The number of nitrogens with zero attached hydrogens (tertiary/aromatic N) is 1. The molecule has 1 heterocycles. The SMILES string of the molecule is NCC(CC1CCCCC1)N1CCc2ccc(F)cc21. The van der Waals surface area contributed by atoms with E-state index in [0.29, 0.717) is 12.6 Å². The minimum absolute atomic E-state index is 0.135. The second kappa shape index (κ2) is 6.13. The molecule has 1 aliphatic carbocycles. The molecule has 20 heavy (non-hydrogen) atoms. The average molecular weight is 276 g/mol. The van der Waals surface area contributed by atoms with Gasteiger partial charge in [-0.3, -0.25) is 0 Å². The number of halogens is 1. The van der Waals surface area contributed by atoms with E-state index in [0.717, 1.165) is 24.6 Å². The van der Waals surface area contributed by atoms with Gasteiger partial charge in [0.05, 0.1) is 0 Å². The Hall–Kier alpha value is -1.09. The Morgan fingerprint density at radius 1 is 1.25 bits per heavy atom. The lowest BCUT2D eigenvalue weighted by atomic mass is 9.84. The highest BCUT2D eigenvalue weighted by Crippen LogP contribution is 2.34. The Labute approximate surface area is 121 Å². The molecule has 0 saturated heterocycles. The first-order chi connectivity index (χ1) is 9.78. The lowest BCUT2D eigenvalue weighted by Crippen LogP contribution is -2.41. The molecule has 0 spiro atoms. The van der Waals surface area contributed by atoms with E-state index >= 15 is 0 Å². The van der Waals surface area contributed by atoms with E-state index in [1.165, 1.54) is 44.1 Å². The van der Waals surface area contributed by atoms with Gasteiger partial charge in [-0.15, -0.1) is 0 Å². The van der Waals surface area contributed by atoms with Crippen LogP contribution in [0.1, 0.15) is 44.1 Å². The van der Waals surface area contributed by atoms with Crippen molar-refractivity contribution in [3.63, 3.8) is 0 Å². The number of nitrogens with two attached hydrogens (primary N) is 1. The lowest BCUT2D eigenvalue weighted by Gasteiger charge is -2.33. The molecule has 1 aliphatic heterocycles. The maximum atomic E-state index is 13.5. The predicted molar refractivity (Wildman–Crippen MR) is 81.5 cm³/mol. The molecule has 110 valence electrons. The van der Waals surface area contributed by atoms with Crippen molar-refractivity contribution in [3.05, 3.63) is 29.6 Å². The molecule has 3 rings (SSSR count). The van der Waals surface area contributed by atoms with Gasteiger partial charge in [0.1, 0.15) is 5.82 Å². The Kier molecular flexibility index (Phi) is 4.25. The van der Waals surface area contributed by atoms with Gasteiger partial charge in [0.25, 0.3) is 0 Å². The summed E-state index contributed by atoms with van der Waals surface area (Å²) < 4.78 is 13.5. The minimum Gasteiger partial charge on any atom is -0.367 e. The van der Waals surface area contributed by atoms with Crippen molar-refractivity contribution in [1.82, 2.24) is 0 Å².